The van der Waals surface area contributed by atoms with Gasteiger partial charge in [0.15, 0.2) is 0 Å². The molecular formula is C18H17BrN4O. The summed E-state index contributed by atoms with van der Waals surface area (Å²) < 4.78 is 2.69. The molecule has 1 heterocycles. The summed E-state index contributed by atoms with van der Waals surface area (Å²) in [6, 6.07) is 17.6. The van der Waals surface area contributed by atoms with Gasteiger partial charge in [-0.15, -0.1) is 0 Å². The number of benzene rings is 2. The van der Waals surface area contributed by atoms with E-state index in [4.69, 9.17) is 0 Å². The molecule has 0 aliphatic carbocycles. The predicted molar refractivity (Wildman–Crippen MR) is 98.0 cm³/mol. The molecule has 0 spiro atoms. The van der Waals surface area contributed by atoms with E-state index in [2.05, 4.69) is 26.5 Å². The lowest BCUT2D eigenvalue weighted by molar-refractivity contribution is -0.117. The molecular weight excluding hydrogens is 368 g/mol. The van der Waals surface area contributed by atoms with Crippen LogP contribution in [0.2, 0.25) is 0 Å². The molecule has 0 aliphatic rings. The number of nitrogens with zero attached hydrogens (tertiary/aromatic N) is 3. The molecule has 0 fully saturated rings. The van der Waals surface area contributed by atoms with Crippen LogP contribution in [-0.2, 0) is 18.4 Å². The van der Waals surface area contributed by atoms with Crippen LogP contribution in [0.1, 0.15) is 5.56 Å². The number of nitrogens with one attached hydrogen (secondary N) is 1. The van der Waals surface area contributed by atoms with Crippen molar-refractivity contribution < 1.29 is 4.79 Å². The Balaban J connectivity index is 1.78. The molecule has 0 saturated heterocycles. The molecule has 1 N–H and O–H groups in total. The molecule has 0 atom stereocenters. The van der Waals surface area contributed by atoms with Crippen molar-refractivity contribution in [2.75, 3.05) is 5.43 Å². The Morgan fingerprint density at radius 3 is 2.67 bits per heavy atom. The minimum absolute atomic E-state index is 0.488. The fourth-order valence-corrected chi connectivity index (χ4v) is 3.04. The second-order valence-corrected chi connectivity index (χ2v) is 6.27. The van der Waals surface area contributed by atoms with Crippen LogP contribution in [0, 0.1) is 0 Å². The highest BCUT2D eigenvalue weighted by Crippen LogP contribution is 2.28. The van der Waals surface area contributed by atoms with Gasteiger partial charge in [0.1, 0.15) is 5.69 Å². The molecule has 3 rings (SSSR count). The van der Waals surface area contributed by atoms with Gasteiger partial charge in [0.25, 0.3) is 0 Å². The number of hydrogen-bond donors (Lipinski definition) is 1. The molecule has 0 saturated carbocycles. The first-order chi connectivity index (χ1) is 11.7. The van der Waals surface area contributed by atoms with E-state index in [0.717, 1.165) is 33.4 Å². The maximum atomic E-state index is 11.4. The number of carbonyl (C=O) groups is 1. The Hall–Kier alpha value is -2.60. The van der Waals surface area contributed by atoms with Gasteiger partial charge < -0.3 is 0 Å². The number of rotatable bonds is 6. The number of halogens is 1. The fourth-order valence-electron chi connectivity index (χ4n) is 2.44. The molecule has 1 aromatic heterocycles. The normalized spacial score (nSPS) is 10.4. The van der Waals surface area contributed by atoms with Crippen molar-refractivity contribution in [1.82, 2.24) is 14.8 Å². The standard InChI is InChI=1S/C18H17BrN4O/c1-22-12-17(19)18(21-22)15-8-5-9-16(10-15)20-23(13-24)11-14-6-3-2-4-7-14/h2-10,12-13,20H,11H2,1H3. The second kappa shape index (κ2) is 7.31. The van der Waals surface area contributed by atoms with Crippen molar-refractivity contribution in [3.8, 4) is 11.3 Å². The van der Waals surface area contributed by atoms with Gasteiger partial charge in [-0.2, -0.15) is 5.10 Å². The molecule has 0 aliphatic heterocycles. The summed E-state index contributed by atoms with van der Waals surface area (Å²) in [6.07, 6.45) is 2.69. The molecule has 0 radical (unpaired) electrons. The maximum Gasteiger partial charge on any atom is 0.228 e. The molecule has 3 aromatic rings. The van der Waals surface area contributed by atoms with E-state index in [9.17, 15) is 4.79 Å². The Bertz CT molecular complexity index is 832. The van der Waals surface area contributed by atoms with Crippen molar-refractivity contribution >= 4 is 28.0 Å². The Kier molecular flexibility index (Phi) is 4.96. The molecule has 24 heavy (non-hydrogen) atoms. The predicted octanol–water partition coefficient (Wildman–Crippen LogP) is 3.84. The van der Waals surface area contributed by atoms with Gasteiger partial charge in [-0.1, -0.05) is 42.5 Å². The molecule has 1 amide bonds. The Morgan fingerprint density at radius 2 is 2.00 bits per heavy atom. The van der Waals surface area contributed by atoms with Gasteiger partial charge >= 0.3 is 0 Å². The third-order valence-corrected chi connectivity index (χ3v) is 4.10. The molecule has 5 nitrogen and oxygen atoms in total. The van der Waals surface area contributed by atoms with E-state index in [1.165, 1.54) is 5.01 Å². The lowest BCUT2D eigenvalue weighted by atomic mass is 10.1. The Labute approximate surface area is 149 Å². The molecule has 0 unspecified atom stereocenters. The summed E-state index contributed by atoms with van der Waals surface area (Å²) in [5, 5.41) is 5.96. The van der Waals surface area contributed by atoms with E-state index in [-0.39, 0.29) is 0 Å². The van der Waals surface area contributed by atoms with Crippen LogP contribution in [0.5, 0.6) is 0 Å². The van der Waals surface area contributed by atoms with Gasteiger partial charge in [-0.05, 0) is 33.6 Å². The third kappa shape index (κ3) is 3.83. The van der Waals surface area contributed by atoms with Crippen LogP contribution >= 0.6 is 15.9 Å². The van der Waals surface area contributed by atoms with Gasteiger partial charge in [-0.25, -0.2) is 0 Å². The minimum Gasteiger partial charge on any atom is -0.296 e. The maximum absolute atomic E-state index is 11.4. The van der Waals surface area contributed by atoms with Gasteiger partial charge in [-0.3, -0.25) is 19.9 Å². The number of carbonyl (C=O) groups excluding carboxylic acids is 1. The first-order valence-electron chi connectivity index (χ1n) is 7.48. The highest BCUT2D eigenvalue weighted by molar-refractivity contribution is 9.10. The average Bonchev–Trinajstić information content (AvgIpc) is 2.94. The zero-order chi connectivity index (χ0) is 16.9. The highest BCUT2D eigenvalue weighted by atomic mass is 79.9. The van der Waals surface area contributed by atoms with Crippen LogP contribution in [0.3, 0.4) is 0 Å². The van der Waals surface area contributed by atoms with Gasteiger partial charge in [0, 0.05) is 18.8 Å². The zero-order valence-corrected chi connectivity index (χ0v) is 14.8. The van der Waals surface area contributed by atoms with Crippen LogP contribution in [0.4, 0.5) is 5.69 Å². The van der Waals surface area contributed by atoms with Crippen molar-refractivity contribution in [2.24, 2.45) is 7.05 Å². The number of amides is 1. The number of anilines is 1. The highest BCUT2D eigenvalue weighted by Gasteiger charge is 2.09. The summed E-state index contributed by atoms with van der Waals surface area (Å²) >= 11 is 3.52. The van der Waals surface area contributed by atoms with E-state index in [1.54, 1.807) is 4.68 Å². The van der Waals surface area contributed by atoms with Gasteiger partial charge in [0.2, 0.25) is 6.41 Å². The molecule has 122 valence electrons. The average molecular weight is 385 g/mol. The fraction of sp³-hybridized carbons (Fsp3) is 0.111. The minimum atomic E-state index is 0.488. The second-order valence-electron chi connectivity index (χ2n) is 5.41. The summed E-state index contributed by atoms with van der Waals surface area (Å²) in [6.45, 7) is 0.488. The first kappa shape index (κ1) is 16.3. The van der Waals surface area contributed by atoms with E-state index in [1.807, 2.05) is 67.8 Å². The van der Waals surface area contributed by atoms with Crippen molar-refractivity contribution in [3.05, 3.63) is 70.8 Å². The topological polar surface area (TPSA) is 50.2 Å². The smallest absolute Gasteiger partial charge is 0.228 e. The lowest BCUT2D eigenvalue weighted by Gasteiger charge is -2.20. The van der Waals surface area contributed by atoms with E-state index >= 15 is 0 Å². The zero-order valence-electron chi connectivity index (χ0n) is 13.2. The Morgan fingerprint density at radius 1 is 1.21 bits per heavy atom. The van der Waals surface area contributed by atoms with Crippen LogP contribution in [-0.4, -0.2) is 21.2 Å². The summed E-state index contributed by atoms with van der Waals surface area (Å²) in [7, 11) is 1.88. The monoisotopic (exact) mass is 384 g/mol. The number of aromatic nitrogens is 2. The number of hydrogen-bond acceptors (Lipinski definition) is 3. The van der Waals surface area contributed by atoms with Crippen molar-refractivity contribution in [1.29, 1.82) is 0 Å². The van der Waals surface area contributed by atoms with Gasteiger partial charge in [0.05, 0.1) is 16.7 Å². The van der Waals surface area contributed by atoms with Crippen molar-refractivity contribution in [3.63, 3.8) is 0 Å². The van der Waals surface area contributed by atoms with E-state index < -0.39 is 0 Å². The SMILES string of the molecule is Cn1cc(Br)c(-c2cccc(NN(C=O)Cc3ccccc3)c2)n1. The molecule has 2 aromatic carbocycles. The van der Waals surface area contributed by atoms with E-state index in [0.29, 0.717) is 6.54 Å². The summed E-state index contributed by atoms with van der Waals surface area (Å²) in [4.78, 5) is 11.4. The number of hydrazine groups is 1. The van der Waals surface area contributed by atoms with Crippen LogP contribution in [0.25, 0.3) is 11.3 Å². The summed E-state index contributed by atoms with van der Waals surface area (Å²) in [5.41, 5.74) is 6.85. The van der Waals surface area contributed by atoms with Crippen LogP contribution in [0.15, 0.2) is 65.3 Å². The largest absolute Gasteiger partial charge is 0.296 e. The summed E-state index contributed by atoms with van der Waals surface area (Å²) in [5.74, 6) is 0. The third-order valence-electron chi connectivity index (χ3n) is 3.52. The first-order valence-corrected chi connectivity index (χ1v) is 8.27. The molecule has 6 heteroatoms. The number of aryl methyl sites for hydroxylation is 1. The quantitative estimate of drug-likeness (QED) is 0.518. The lowest BCUT2D eigenvalue weighted by Crippen LogP contribution is -2.27. The molecule has 0 bridgehead atoms. The van der Waals surface area contributed by atoms with Crippen molar-refractivity contribution in [2.45, 2.75) is 6.54 Å². The van der Waals surface area contributed by atoms with Crippen LogP contribution < -0.4 is 5.43 Å².